The first-order valence-electron chi connectivity index (χ1n) is 21.1. The third-order valence-corrected chi connectivity index (χ3v) is 14.2. The van der Waals surface area contributed by atoms with Crippen LogP contribution < -0.4 is 10.6 Å². The quantitative estimate of drug-likeness (QED) is 0.128. The van der Waals surface area contributed by atoms with Crippen molar-refractivity contribution in [1.29, 1.82) is 0 Å². The van der Waals surface area contributed by atoms with Gasteiger partial charge in [0, 0.05) is 48.2 Å². The van der Waals surface area contributed by atoms with Crippen molar-refractivity contribution >= 4 is 17.6 Å². The van der Waals surface area contributed by atoms with Gasteiger partial charge < -0.3 is 35.2 Å². The molecule has 9 heteroatoms. The molecule has 6 fully saturated rings. The average Bonchev–Trinajstić information content (AvgIpc) is 3.21. The lowest BCUT2D eigenvalue weighted by Crippen LogP contribution is -2.61. The van der Waals surface area contributed by atoms with E-state index in [0.717, 1.165) is 95.6 Å². The van der Waals surface area contributed by atoms with Gasteiger partial charge in [-0.3, -0.25) is 0 Å². The zero-order valence-electron chi connectivity index (χ0n) is 32.9. The number of carbonyl (C=O) groups excluding carboxylic acids is 1. The fourth-order valence-electron chi connectivity index (χ4n) is 11.2. The standard InChI is InChI=1S/C48H56ClN3O5/c1-31-43(29-52-19-17-48(55,18-20-52)41-13-15-42(49)16-14-41)56-45(57-44(31)38-7-5-32(30-53)6-8-38)39-11-9-37(10-12-39)40-4-2-3-33(24-40)28-50-46(54)51-47-25-34-21-35(26-47)23-36(22-34)27-47/h2-16,24,31,34-36,43-45,53,55H,17-23,25-30H2,1H3,(H2,50,51,54)/t31-,34?,35?,36?,43+,44+,45+,47?/m0/s1. The molecule has 0 spiro atoms. The molecule has 0 aromatic heterocycles. The minimum atomic E-state index is -0.872. The number of halogens is 1. The molecule has 2 saturated heterocycles. The number of benzene rings is 4. The molecule has 4 atom stereocenters. The van der Waals surface area contributed by atoms with Gasteiger partial charge in [-0.05, 0) is 121 Å². The monoisotopic (exact) mass is 789 g/mol. The Hall–Kier alpha value is -3.76. The zero-order valence-corrected chi connectivity index (χ0v) is 33.7. The molecule has 8 nitrogen and oxygen atoms in total. The van der Waals surface area contributed by atoms with Crippen molar-refractivity contribution in [2.75, 3.05) is 19.6 Å². The number of nitrogens with one attached hydrogen (secondary N) is 2. The SMILES string of the molecule is C[C@H]1[C@@H](CN2CCC(O)(c3ccc(Cl)cc3)CC2)O[C@@H](c2ccc(-c3cccc(CNC(=O)NC45CC6CC(CC(C6)C4)C5)c3)cc2)O[C@H]1c1ccc(CO)cc1. The average molecular weight is 790 g/mol. The molecule has 6 aliphatic rings. The van der Waals surface area contributed by atoms with Crippen molar-refractivity contribution in [3.63, 3.8) is 0 Å². The highest BCUT2D eigenvalue weighted by Gasteiger charge is 2.51. The maximum Gasteiger partial charge on any atom is 0.315 e. The second-order valence-electron chi connectivity index (χ2n) is 18.0. The number of piperidine rings is 1. The van der Waals surface area contributed by atoms with E-state index in [1.807, 2.05) is 36.4 Å². The van der Waals surface area contributed by atoms with Crippen molar-refractivity contribution in [3.05, 3.63) is 130 Å². The van der Waals surface area contributed by atoms with Crippen LogP contribution in [0.25, 0.3) is 11.1 Å². The van der Waals surface area contributed by atoms with Crippen LogP contribution in [0.2, 0.25) is 5.02 Å². The topological polar surface area (TPSA) is 103 Å². The highest BCUT2D eigenvalue weighted by Crippen LogP contribution is 2.55. The Bertz CT molecular complexity index is 1980. The Labute approximate surface area is 341 Å². The van der Waals surface area contributed by atoms with E-state index in [1.165, 1.54) is 19.3 Å². The smallest absolute Gasteiger partial charge is 0.315 e. The van der Waals surface area contributed by atoms with Gasteiger partial charge in [0.05, 0.1) is 24.4 Å². The van der Waals surface area contributed by atoms with Gasteiger partial charge in [0.1, 0.15) is 0 Å². The summed E-state index contributed by atoms with van der Waals surface area (Å²) in [5.74, 6) is 2.43. The lowest BCUT2D eigenvalue weighted by atomic mass is 9.53. The Morgan fingerprint density at radius 3 is 2.11 bits per heavy atom. The van der Waals surface area contributed by atoms with Crippen molar-refractivity contribution in [2.24, 2.45) is 23.7 Å². The highest BCUT2D eigenvalue weighted by atomic mass is 35.5. The van der Waals surface area contributed by atoms with Crippen LogP contribution in [-0.2, 0) is 28.2 Å². The third-order valence-electron chi connectivity index (χ3n) is 13.9. The first kappa shape index (κ1) is 38.7. The summed E-state index contributed by atoms with van der Waals surface area (Å²) >= 11 is 6.13. The number of likely N-dealkylation sites (tertiary alicyclic amines) is 1. The fourth-order valence-corrected chi connectivity index (χ4v) is 11.3. The highest BCUT2D eigenvalue weighted by molar-refractivity contribution is 6.30. The molecular formula is C48H56ClN3O5. The maximum absolute atomic E-state index is 13.2. The molecule has 0 radical (unpaired) electrons. The van der Waals surface area contributed by atoms with E-state index in [2.05, 4.69) is 83.1 Å². The molecule has 300 valence electrons. The molecule has 4 aliphatic carbocycles. The van der Waals surface area contributed by atoms with E-state index in [9.17, 15) is 15.0 Å². The summed E-state index contributed by atoms with van der Waals surface area (Å²) in [6, 6.07) is 32.4. The van der Waals surface area contributed by atoms with Crippen LogP contribution in [0.4, 0.5) is 4.79 Å². The summed E-state index contributed by atoms with van der Waals surface area (Å²) in [7, 11) is 0. The lowest BCUT2D eigenvalue weighted by molar-refractivity contribution is -0.277. The zero-order chi connectivity index (χ0) is 39.1. The molecular weight excluding hydrogens is 734 g/mol. The number of rotatable bonds is 10. The summed E-state index contributed by atoms with van der Waals surface area (Å²) in [4.78, 5) is 15.6. The molecule has 10 rings (SSSR count). The van der Waals surface area contributed by atoms with Crippen molar-refractivity contribution in [2.45, 2.75) is 101 Å². The van der Waals surface area contributed by atoms with Gasteiger partial charge in [-0.2, -0.15) is 0 Å². The summed E-state index contributed by atoms with van der Waals surface area (Å²) in [5.41, 5.74) is 6.14. The molecule has 4 bridgehead atoms. The van der Waals surface area contributed by atoms with E-state index in [1.54, 1.807) is 0 Å². The Kier molecular flexibility index (Phi) is 11.0. The number of ether oxygens (including phenoxy) is 2. The van der Waals surface area contributed by atoms with Crippen LogP contribution in [0.1, 0.15) is 98.5 Å². The summed E-state index contributed by atoms with van der Waals surface area (Å²) in [6.07, 6.45) is 7.88. The molecule has 57 heavy (non-hydrogen) atoms. The van der Waals surface area contributed by atoms with Crippen LogP contribution in [0.5, 0.6) is 0 Å². The van der Waals surface area contributed by atoms with Crippen LogP contribution >= 0.6 is 11.6 Å². The molecule has 4 saturated carbocycles. The van der Waals surface area contributed by atoms with E-state index in [4.69, 9.17) is 21.1 Å². The molecule has 4 N–H and O–H groups in total. The van der Waals surface area contributed by atoms with Crippen LogP contribution in [0, 0.1) is 23.7 Å². The minimum absolute atomic E-state index is 0.00412. The number of urea groups is 1. The molecule has 2 heterocycles. The molecule has 4 aromatic carbocycles. The van der Waals surface area contributed by atoms with Crippen molar-refractivity contribution in [1.82, 2.24) is 15.5 Å². The number of hydrogen-bond donors (Lipinski definition) is 4. The lowest BCUT2D eigenvalue weighted by Gasteiger charge is -2.56. The van der Waals surface area contributed by atoms with E-state index < -0.39 is 11.9 Å². The molecule has 2 aliphatic heterocycles. The largest absolute Gasteiger partial charge is 0.392 e. The number of nitrogens with zero attached hydrogens (tertiary/aromatic N) is 1. The van der Waals surface area contributed by atoms with Gasteiger partial charge in [-0.15, -0.1) is 0 Å². The van der Waals surface area contributed by atoms with Gasteiger partial charge in [0.2, 0.25) is 0 Å². The molecule has 4 aromatic rings. The third kappa shape index (κ3) is 8.41. The van der Waals surface area contributed by atoms with E-state index >= 15 is 0 Å². The summed E-state index contributed by atoms with van der Waals surface area (Å²) in [6.45, 7) is 4.90. The van der Waals surface area contributed by atoms with Crippen molar-refractivity contribution in [3.8, 4) is 11.1 Å². The molecule has 2 amide bonds. The minimum Gasteiger partial charge on any atom is -0.392 e. The van der Waals surface area contributed by atoms with Crippen LogP contribution in [-0.4, -0.2) is 52.4 Å². The van der Waals surface area contributed by atoms with Crippen LogP contribution in [0.15, 0.2) is 97.1 Å². The predicted octanol–water partition coefficient (Wildman–Crippen LogP) is 9.04. The number of amides is 2. The predicted molar refractivity (Wildman–Crippen MR) is 222 cm³/mol. The van der Waals surface area contributed by atoms with Crippen LogP contribution in [0.3, 0.4) is 0 Å². The van der Waals surface area contributed by atoms with Gasteiger partial charge in [0.15, 0.2) is 6.29 Å². The second-order valence-corrected chi connectivity index (χ2v) is 18.4. The number of hydrogen-bond acceptors (Lipinski definition) is 6. The Morgan fingerprint density at radius 2 is 1.46 bits per heavy atom. The number of aliphatic hydroxyl groups is 2. The summed E-state index contributed by atoms with van der Waals surface area (Å²) in [5, 5.41) is 28.5. The normalized spacial score (nSPS) is 30.6. The van der Waals surface area contributed by atoms with Gasteiger partial charge in [-0.25, -0.2) is 4.79 Å². The van der Waals surface area contributed by atoms with Crippen molar-refractivity contribution < 1.29 is 24.5 Å². The van der Waals surface area contributed by atoms with E-state index in [0.29, 0.717) is 24.4 Å². The fraction of sp³-hybridized carbons (Fsp3) is 0.479. The number of aliphatic hydroxyl groups excluding tert-OH is 1. The Balaban J connectivity index is 0.862. The first-order chi connectivity index (χ1) is 27.6. The van der Waals surface area contributed by atoms with E-state index in [-0.39, 0.29) is 36.3 Å². The van der Waals surface area contributed by atoms with Gasteiger partial charge in [0.25, 0.3) is 0 Å². The summed E-state index contributed by atoms with van der Waals surface area (Å²) < 4.78 is 13.6. The van der Waals surface area contributed by atoms with Gasteiger partial charge in [-0.1, -0.05) is 97.4 Å². The first-order valence-corrected chi connectivity index (χ1v) is 21.5. The van der Waals surface area contributed by atoms with Gasteiger partial charge >= 0.3 is 6.03 Å². The second kappa shape index (κ2) is 16.1. The Morgan fingerprint density at radius 1 is 0.807 bits per heavy atom. The molecule has 0 unspecified atom stereocenters. The maximum atomic E-state index is 13.2. The number of carbonyl (C=O) groups is 1.